The van der Waals surface area contributed by atoms with E-state index in [0.717, 1.165) is 64.2 Å². The van der Waals surface area contributed by atoms with Crippen molar-refractivity contribution in [3.05, 3.63) is 0 Å². The van der Waals surface area contributed by atoms with Crippen LogP contribution in [0, 0.1) is 0 Å². The Hall–Kier alpha value is -2.86. The predicted octanol–water partition coefficient (Wildman–Crippen LogP) is 19.9. The number of aliphatic hydroxyl groups is 2. The zero-order valence-electron chi connectivity index (χ0n) is 56.7. The summed E-state index contributed by atoms with van der Waals surface area (Å²) in [6, 6.07) is 0. The van der Waals surface area contributed by atoms with Crippen LogP contribution in [-0.4, -0.2) is 102 Å². The summed E-state index contributed by atoms with van der Waals surface area (Å²) in [7, 11) is 0. The van der Waals surface area contributed by atoms with Crippen molar-refractivity contribution in [2.45, 2.75) is 423 Å². The van der Waals surface area contributed by atoms with E-state index in [1.54, 1.807) is 0 Å². The topological polar surface area (TPSA) is 190 Å². The lowest BCUT2D eigenvalue weighted by Crippen LogP contribution is -2.58. The molecule has 2 aliphatic heterocycles. The van der Waals surface area contributed by atoms with Gasteiger partial charge in [0.1, 0.15) is 0 Å². The molecule has 0 aromatic rings. The normalized spacial score (nSPS) is 18.4. The molecule has 0 aliphatic carbocycles. The second-order valence-electron chi connectivity index (χ2n) is 26.9. The monoisotopic (exact) mass is 1220 g/mol. The van der Waals surface area contributed by atoms with E-state index in [4.69, 9.17) is 0 Å². The Kier molecular flexibility index (Phi) is 51.9. The first-order chi connectivity index (χ1) is 41.8. The summed E-state index contributed by atoms with van der Waals surface area (Å²) in [4.78, 5) is 80.0. The average Bonchev–Trinajstić information content (AvgIpc) is 1.69. The predicted molar refractivity (Wildman–Crippen MR) is 357 cm³/mol. The van der Waals surface area contributed by atoms with Crippen molar-refractivity contribution < 1.29 is 49.2 Å². The highest BCUT2D eigenvalue weighted by Gasteiger charge is 2.59. The fraction of sp³-hybridized carbons (Fsp3) is 0.919. The first kappa shape index (κ1) is 81.2. The van der Waals surface area contributed by atoms with E-state index in [-0.39, 0.29) is 63.4 Å². The van der Waals surface area contributed by atoms with Crippen LogP contribution in [0.2, 0.25) is 0 Å². The Morgan fingerprint density at radius 1 is 0.279 bits per heavy atom. The highest BCUT2D eigenvalue weighted by Crippen LogP contribution is 2.36. The third-order valence-corrected chi connectivity index (χ3v) is 19.0. The van der Waals surface area contributed by atoms with E-state index in [0.29, 0.717) is 25.7 Å². The molecule has 4 N–H and O–H groups in total. The molecule has 0 aromatic carbocycles. The van der Waals surface area contributed by atoms with E-state index in [2.05, 4.69) is 27.7 Å². The van der Waals surface area contributed by atoms with Gasteiger partial charge in [-0.05, 0) is 25.7 Å². The fourth-order valence-electron chi connectivity index (χ4n) is 13.4. The van der Waals surface area contributed by atoms with Crippen molar-refractivity contribution in [3.63, 3.8) is 0 Å². The van der Waals surface area contributed by atoms with E-state index < -0.39 is 46.8 Å². The van der Waals surface area contributed by atoms with Crippen molar-refractivity contribution >= 4 is 35.3 Å². The highest BCUT2D eigenvalue weighted by molar-refractivity contribution is 6.11. The Morgan fingerprint density at radius 2 is 0.442 bits per heavy atom. The maximum atomic E-state index is 13.3. The second-order valence-corrected chi connectivity index (χ2v) is 26.9. The standard InChI is InChI=1S/2C37H69NO5/c2*1-3-5-7-9-11-13-15-17-19-21-23-25-27-29-34(40)37(36(42)43)31-33(39)32-38(37)35(41)30-28-26-24-22-20-18-16-14-12-10-8-6-4-2/h2*33,39H,3-32H2,1-2H3,(H,42,43)/t2*33-,37-/m11/s1. The quantitative estimate of drug-likeness (QED) is 0.0337. The fourth-order valence-corrected chi connectivity index (χ4v) is 13.4. The maximum absolute atomic E-state index is 13.3. The lowest BCUT2D eigenvalue weighted by atomic mass is 9.86. The summed E-state index contributed by atoms with van der Waals surface area (Å²) in [6.07, 6.45) is 61.2. The van der Waals surface area contributed by atoms with Gasteiger partial charge in [-0.15, -0.1) is 0 Å². The van der Waals surface area contributed by atoms with Gasteiger partial charge in [-0.25, -0.2) is 9.59 Å². The van der Waals surface area contributed by atoms with Gasteiger partial charge in [-0.3, -0.25) is 19.2 Å². The molecule has 0 radical (unpaired) electrons. The van der Waals surface area contributed by atoms with Gasteiger partial charge in [-0.2, -0.15) is 0 Å². The van der Waals surface area contributed by atoms with Gasteiger partial charge in [0.05, 0.1) is 12.2 Å². The minimum absolute atomic E-state index is 0.0616. The average molecular weight is 1220 g/mol. The summed E-state index contributed by atoms with van der Waals surface area (Å²) < 4.78 is 0. The van der Waals surface area contributed by atoms with Crippen molar-refractivity contribution in [3.8, 4) is 0 Å². The summed E-state index contributed by atoms with van der Waals surface area (Å²) >= 11 is 0. The molecule has 2 rings (SSSR count). The van der Waals surface area contributed by atoms with E-state index in [1.807, 2.05) is 0 Å². The number of β-amino-alcohol motifs (C(OH)–C–C–N with tert-alkyl or cyclic N) is 2. The molecule has 0 saturated carbocycles. The van der Waals surface area contributed by atoms with Gasteiger partial charge in [0.25, 0.3) is 0 Å². The van der Waals surface area contributed by atoms with Crippen molar-refractivity contribution in [1.29, 1.82) is 0 Å². The van der Waals surface area contributed by atoms with E-state index in [1.165, 1.54) is 254 Å². The number of Topliss-reactive ketones (excluding diaryl/α,β-unsaturated/α-hetero) is 2. The molecule has 2 heterocycles. The van der Waals surface area contributed by atoms with Gasteiger partial charge < -0.3 is 30.2 Å². The molecule has 504 valence electrons. The van der Waals surface area contributed by atoms with Gasteiger partial charge in [0.15, 0.2) is 11.6 Å². The van der Waals surface area contributed by atoms with Crippen LogP contribution >= 0.6 is 0 Å². The number of nitrogens with zero attached hydrogens (tertiary/aromatic N) is 2. The number of carbonyl (C=O) groups excluding carboxylic acids is 4. The Labute approximate surface area is 528 Å². The van der Waals surface area contributed by atoms with Gasteiger partial charge in [0.2, 0.25) is 22.9 Å². The SMILES string of the molecule is CCCCCCCCCCCCCCCC(=O)N1C[C@H](O)C[C@]1(C(=O)O)C(=O)CCCCCCCCCCCCCCC.CCCCCCCCCCCCCCCC(=O)N1C[C@H](O)C[C@]1(C(=O)O)C(=O)CCCCCCCCCCCCCCC. The van der Waals surface area contributed by atoms with Crippen LogP contribution in [0.4, 0.5) is 0 Å². The molecule has 0 aromatic heterocycles. The number of hydrogen-bond donors (Lipinski definition) is 4. The Morgan fingerprint density at radius 3 is 0.616 bits per heavy atom. The molecule has 86 heavy (non-hydrogen) atoms. The Bertz CT molecular complexity index is 1570. The van der Waals surface area contributed by atoms with Gasteiger partial charge in [0, 0.05) is 51.6 Å². The first-order valence-electron chi connectivity index (χ1n) is 37.3. The Balaban J connectivity index is 0.000000860. The summed E-state index contributed by atoms with van der Waals surface area (Å²) in [5, 5.41) is 40.9. The van der Waals surface area contributed by atoms with Crippen LogP contribution < -0.4 is 0 Å². The van der Waals surface area contributed by atoms with Crippen molar-refractivity contribution in [2.24, 2.45) is 0 Å². The van der Waals surface area contributed by atoms with Crippen molar-refractivity contribution in [2.75, 3.05) is 13.1 Å². The molecule has 4 atom stereocenters. The summed E-state index contributed by atoms with van der Waals surface area (Å²) in [6.45, 7) is 8.87. The maximum Gasteiger partial charge on any atom is 0.337 e. The van der Waals surface area contributed by atoms with Crippen LogP contribution in [0.1, 0.15) is 400 Å². The molecule has 0 unspecified atom stereocenters. The number of aliphatic hydroxyl groups excluding tert-OH is 2. The van der Waals surface area contributed by atoms with Crippen LogP contribution in [0.25, 0.3) is 0 Å². The number of carbonyl (C=O) groups is 6. The number of carboxylic acids is 2. The third-order valence-electron chi connectivity index (χ3n) is 19.0. The number of carboxylic acid groups (broad SMARTS) is 2. The largest absolute Gasteiger partial charge is 0.479 e. The third kappa shape index (κ3) is 36.7. The molecule has 0 bridgehead atoms. The lowest BCUT2D eigenvalue weighted by Gasteiger charge is -2.33. The molecule has 2 aliphatic rings. The number of aliphatic carboxylic acids is 2. The first-order valence-corrected chi connectivity index (χ1v) is 37.3. The summed E-state index contributed by atoms with van der Waals surface area (Å²) in [5.41, 5.74) is -3.80. The van der Waals surface area contributed by atoms with E-state index in [9.17, 15) is 49.2 Å². The molecule has 0 spiro atoms. The number of amides is 2. The molecular formula is C74H138N2O10. The van der Waals surface area contributed by atoms with Gasteiger partial charge >= 0.3 is 11.9 Å². The zero-order valence-corrected chi connectivity index (χ0v) is 56.7. The smallest absolute Gasteiger partial charge is 0.337 e. The summed E-state index contributed by atoms with van der Waals surface area (Å²) in [5.74, 6) is -4.02. The van der Waals surface area contributed by atoms with Crippen LogP contribution in [0.15, 0.2) is 0 Å². The highest BCUT2D eigenvalue weighted by atomic mass is 16.4. The number of unbranched alkanes of at least 4 members (excludes halogenated alkanes) is 48. The van der Waals surface area contributed by atoms with Crippen LogP contribution in [-0.2, 0) is 28.8 Å². The molecular weight excluding hydrogens is 1080 g/mol. The van der Waals surface area contributed by atoms with Crippen LogP contribution in [0.5, 0.6) is 0 Å². The minimum Gasteiger partial charge on any atom is -0.479 e. The van der Waals surface area contributed by atoms with Gasteiger partial charge in [-0.1, -0.05) is 336 Å². The number of ketones is 2. The molecule has 12 nitrogen and oxygen atoms in total. The minimum atomic E-state index is -1.90. The number of rotatable bonds is 60. The van der Waals surface area contributed by atoms with Crippen molar-refractivity contribution in [1.82, 2.24) is 9.80 Å². The second kappa shape index (κ2) is 55.0. The molecule has 12 heteroatoms. The number of likely N-dealkylation sites (tertiary alicyclic amines) is 2. The molecule has 2 saturated heterocycles. The van der Waals surface area contributed by atoms with Crippen LogP contribution in [0.3, 0.4) is 0 Å². The zero-order chi connectivity index (χ0) is 63.2. The molecule has 2 amide bonds. The van der Waals surface area contributed by atoms with E-state index >= 15 is 0 Å². The number of hydrogen-bond acceptors (Lipinski definition) is 8. The lowest BCUT2D eigenvalue weighted by molar-refractivity contribution is -0.162. The molecule has 2 fully saturated rings.